The molecule has 1 aliphatic rings. The van der Waals surface area contributed by atoms with Crippen molar-refractivity contribution in [3.63, 3.8) is 0 Å². The number of hydrogen-bond acceptors (Lipinski definition) is 2. The lowest BCUT2D eigenvalue weighted by Gasteiger charge is -2.33. The standard InChI is InChI=1S/C11H13ClF2N2/c12-11(13,14)10(16-15)6-8-5-7-3-1-2-4-9(7)8/h1-4,8,10,16H,5-6,15H2. The number of benzene rings is 1. The molecule has 0 fully saturated rings. The van der Waals surface area contributed by atoms with Crippen molar-refractivity contribution in [2.24, 2.45) is 5.84 Å². The maximum atomic E-state index is 12.9. The van der Waals surface area contributed by atoms with Crippen LogP contribution in [0.2, 0.25) is 0 Å². The van der Waals surface area contributed by atoms with Crippen molar-refractivity contribution >= 4 is 11.6 Å². The van der Waals surface area contributed by atoms with Gasteiger partial charge in [0.2, 0.25) is 0 Å². The van der Waals surface area contributed by atoms with E-state index in [1.54, 1.807) is 0 Å². The van der Waals surface area contributed by atoms with Crippen LogP contribution in [0.25, 0.3) is 0 Å². The average molecular weight is 247 g/mol. The largest absolute Gasteiger partial charge is 0.338 e. The van der Waals surface area contributed by atoms with E-state index in [1.807, 2.05) is 24.3 Å². The third-order valence-electron chi connectivity index (χ3n) is 3.08. The Hall–Kier alpha value is -0.710. The van der Waals surface area contributed by atoms with Gasteiger partial charge in [-0.2, -0.15) is 8.78 Å². The molecule has 0 aliphatic heterocycles. The number of nitrogens with two attached hydrogens (primary N) is 1. The van der Waals surface area contributed by atoms with Gasteiger partial charge in [0.15, 0.2) is 0 Å². The predicted molar refractivity (Wildman–Crippen MR) is 59.4 cm³/mol. The third kappa shape index (κ3) is 2.19. The first-order chi connectivity index (χ1) is 7.52. The summed E-state index contributed by atoms with van der Waals surface area (Å²) in [5, 5.41) is -3.31. The molecule has 2 atom stereocenters. The molecule has 88 valence electrons. The van der Waals surface area contributed by atoms with Crippen LogP contribution < -0.4 is 11.3 Å². The Kier molecular flexibility index (Phi) is 3.15. The van der Waals surface area contributed by atoms with Gasteiger partial charge in [0.1, 0.15) is 6.04 Å². The summed E-state index contributed by atoms with van der Waals surface area (Å²) in [6.45, 7) is 0. The molecule has 16 heavy (non-hydrogen) atoms. The zero-order valence-electron chi connectivity index (χ0n) is 8.59. The molecule has 5 heteroatoms. The summed E-state index contributed by atoms with van der Waals surface area (Å²) in [5.41, 5.74) is 4.44. The van der Waals surface area contributed by atoms with Crippen LogP contribution in [0.5, 0.6) is 0 Å². The third-order valence-corrected chi connectivity index (χ3v) is 3.34. The van der Waals surface area contributed by atoms with Gasteiger partial charge in [-0.1, -0.05) is 24.3 Å². The SMILES string of the molecule is NNC(CC1Cc2ccccc21)C(F)(F)Cl. The molecule has 1 aromatic rings. The van der Waals surface area contributed by atoms with E-state index in [9.17, 15) is 8.78 Å². The van der Waals surface area contributed by atoms with Gasteiger partial charge in [-0.25, -0.2) is 5.43 Å². The fourth-order valence-corrected chi connectivity index (χ4v) is 2.31. The van der Waals surface area contributed by atoms with Crippen LogP contribution in [0.4, 0.5) is 8.78 Å². The maximum absolute atomic E-state index is 12.9. The first kappa shape index (κ1) is 11.8. The van der Waals surface area contributed by atoms with Gasteiger partial charge in [0, 0.05) is 0 Å². The van der Waals surface area contributed by atoms with Crippen molar-refractivity contribution in [1.82, 2.24) is 5.43 Å². The highest BCUT2D eigenvalue weighted by Gasteiger charge is 2.40. The van der Waals surface area contributed by atoms with Gasteiger partial charge in [0.05, 0.1) is 0 Å². The molecule has 0 radical (unpaired) electrons. The van der Waals surface area contributed by atoms with Gasteiger partial charge >= 0.3 is 5.38 Å². The Morgan fingerprint density at radius 2 is 2.19 bits per heavy atom. The minimum absolute atomic E-state index is 0.127. The van der Waals surface area contributed by atoms with Crippen LogP contribution in [0, 0.1) is 0 Å². The molecule has 2 rings (SSSR count). The summed E-state index contributed by atoms with van der Waals surface area (Å²) in [7, 11) is 0. The predicted octanol–water partition coefficient (Wildman–Crippen LogP) is 2.38. The Bertz CT molecular complexity index is 378. The van der Waals surface area contributed by atoms with Crippen LogP contribution in [0.1, 0.15) is 23.5 Å². The minimum Gasteiger partial charge on any atom is -0.271 e. The molecule has 0 spiro atoms. The van der Waals surface area contributed by atoms with E-state index in [1.165, 1.54) is 5.56 Å². The van der Waals surface area contributed by atoms with Crippen molar-refractivity contribution in [2.75, 3.05) is 0 Å². The normalized spacial score (nSPS) is 21.1. The second-order valence-corrected chi connectivity index (χ2v) is 4.60. The van der Waals surface area contributed by atoms with Crippen molar-refractivity contribution < 1.29 is 8.78 Å². The van der Waals surface area contributed by atoms with Crippen LogP contribution in [-0.2, 0) is 6.42 Å². The first-order valence-corrected chi connectivity index (χ1v) is 5.51. The van der Waals surface area contributed by atoms with Crippen LogP contribution >= 0.6 is 11.6 Å². The Morgan fingerprint density at radius 1 is 1.50 bits per heavy atom. The van der Waals surface area contributed by atoms with Crippen molar-refractivity contribution in [3.05, 3.63) is 35.4 Å². The van der Waals surface area contributed by atoms with E-state index >= 15 is 0 Å². The fraction of sp³-hybridized carbons (Fsp3) is 0.455. The number of halogens is 3. The molecule has 2 unspecified atom stereocenters. The summed E-state index contributed by atoms with van der Waals surface area (Å²) in [6.07, 6.45) is 1.07. The molecular formula is C11H13ClF2N2. The minimum atomic E-state index is -3.31. The molecule has 0 bridgehead atoms. The molecule has 0 saturated heterocycles. The lowest BCUT2D eigenvalue weighted by atomic mass is 9.74. The Morgan fingerprint density at radius 3 is 2.75 bits per heavy atom. The number of fused-ring (bicyclic) bond motifs is 1. The Labute approximate surface area is 97.7 Å². The Balaban J connectivity index is 2.03. The molecule has 0 saturated carbocycles. The van der Waals surface area contributed by atoms with Crippen molar-refractivity contribution in [2.45, 2.75) is 30.2 Å². The number of hydrazine groups is 1. The summed E-state index contributed by atoms with van der Waals surface area (Å²) in [6, 6.07) is 6.64. The maximum Gasteiger partial charge on any atom is 0.338 e. The first-order valence-electron chi connectivity index (χ1n) is 5.13. The molecular weight excluding hydrogens is 234 g/mol. The van der Waals surface area contributed by atoms with Gasteiger partial charge in [-0.05, 0) is 41.5 Å². The smallest absolute Gasteiger partial charge is 0.271 e. The topological polar surface area (TPSA) is 38.0 Å². The lowest BCUT2D eigenvalue weighted by Crippen LogP contribution is -2.47. The lowest BCUT2D eigenvalue weighted by molar-refractivity contribution is 0.0427. The van der Waals surface area contributed by atoms with Crippen LogP contribution in [-0.4, -0.2) is 11.4 Å². The quantitative estimate of drug-likeness (QED) is 0.486. The second-order valence-electron chi connectivity index (χ2n) is 4.10. The molecule has 0 amide bonds. The number of rotatable bonds is 4. The summed E-state index contributed by atoms with van der Waals surface area (Å²) in [4.78, 5) is 0. The van der Waals surface area contributed by atoms with Gasteiger partial charge < -0.3 is 0 Å². The molecule has 0 heterocycles. The molecule has 2 nitrogen and oxygen atoms in total. The van der Waals surface area contributed by atoms with Gasteiger partial charge in [-0.15, -0.1) is 0 Å². The zero-order valence-corrected chi connectivity index (χ0v) is 9.35. The highest BCUT2D eigenvalue weighted by molar-refractivity contribution is 6.22. The van der Waals surface area contributed by atoms with E-state index in [-0.39, 0.29) is 12.3 Å². The molecule has 0 aromatic heterocycles. The van der Waals surface area contributed by atoms with Gasteiger partial charge in [0.25, 0.3) is 0 Å². The highest BCUT2D eigenvalue weighted by Crippen LogP contribution is 2.40. The van der Waals surface area contributed by atoms with Crippen molar-refractivity contribution in [3.8, 4) is 0 Å². The van der Waals surface area contributed by atoms with Crippen LogP contribution in [0.15, 0.2) is 24.3 Å². The summed E-state index contributed by atoms with van der Waals surface area (Å²) >= 11 is 4.98. The number of nitrogens with one attached hydrogen (secondary N) is 1. The molecule has 1 aliphatic carbocycles. The molecule has 3 N–H and O–H groups in total. The van der Waals surface area contributed by atoms with E-state index in [0.717, 1.165) is 12.0 Å². The van der Waals surface area contributed by atoms with Crippen LogP contribution in [0.3, 0.4) is 0 Å². The van der Waals surface area contributed by atoms with E-state index < -0.39 is 11.4 Å². The van der Waals surface area contributed by atoms with E-state index in [2.05, 4.69) is 5.43 Å². The van der Waals surface area contributed by atoms with E-state index in [4.69, 9.17) is 17.4 Å². The monoisotopic (exact) mass is 246 g/mol. The van der Waals surface area contributed by atoms with Crippen molar-refractivity contribution in [1.29, 1.82) is 0 Å². The summed E-state index contributed by atoms with van der Waals surface area (Å²) < 4.78 is 25.8. The highest BCUT2D eigenvalue weighted by atomic mass is 35.5. The average Bonchev–Trinajstić information content (AvgIpc) is 2.18. The van der Waals surface area contributed by atoms with Gasteiger partial charge in [-0.3, -0.25) is 5.84 Å². The second kappa shape index (κ2) is 4.28. The number of hydrogen-bond donors (Lipinski definition) is 2. The zero-order chi connectivity index (χ0) is 11.8. The molecule has 1 aromatic carbocycles. The number of alkyl halides is 3. The fourth-order valence-electron chi connectivity index (χ4n) is 2.15. The summed E-state index contributed by atoms with van der Waals surface area (Å²) in [5.74, 6) is 5.22. The van der Waals surface area contributed by atoms with E-state index in [0.29, 0.717) is 0 Å².